The lowest BCUT2D eigenvalue weighted by Crippen LogP contribution is -2.17. The second-order valence-electron chi connectivity index (χ2n) is 2.67. The molecule has 0 saturated carbocycles. The average molecular weight is 292 g/mol. The third kappa shape index (κ3) is 2.83. The van der Waals surface area contributed by atoms with Crippen molar-refractivity contribution in [3.63, 3.8) is 0 Å². The summed E-state index contributed by atoms with van der Waals surface area (Å²) < 4.78 is 2.44. The summed E-state index contributed by atoms with van der Waals surface area (Å²) in [6.45, 7) is 2.06. The third-order valence-corrected chi connectivity index (χ3v) is 2.07. The summed E-state index contributed by atoms with van der Waals surface area (Å²) in [5, 5.41) is 2.88. The molecule has 0 atom stereocenters. The van der Waals surface area contributed by atoms with Crippen molar-refractivity contribution in [1.82, 2.24) is 8.85 Å². The molecule has 4 nitrogen and oxygen atoms in total. The number of carbonyl (C=O) groups is 2. The van der Waals surface area contributed by atoms with Crippen LogP contribution in [-0.4, -0.2) is 18.2 Å². The molecule has 1 amide bonds. The molecular formula is C8H9IN2O2. The van der Waals surface area contributed by atoms with Crippen LogP contribution in [-0.2, 0) is 9.59 Å². The Kier molecular flexibility index (Phi) is 3.47. The van der Waals surface area contributed by atoms with E-state index in [4.69, 9.17) is 0 Å². The number of nitrogens with one attached hydrogen (secondary N) is 2. The zero-order valence-corrected chi connectivity index (χ0v) is 9.21. The molecule has 0 aromatic heterocycles. The largest absolute Gasteiger partial charge is 0.381 e. The summed E-state index contributed by atoms with van der Waals surface area (Å²) in [6, 6.07) is 0. The van der Waals surface area contributed by atoms with Crippen LogP contribution >= 0.6 is 22.9 Å². The standard InChI is InChI=1S/C8H9IN2O2/c1-5-2-6(8(13)11-9)3-7(12)4-10-5/h2-3,10H,4H2,1H3,(H,11,13). The van der Waals surface area contributed by atoms with Crippen molar-refractivity contribution in [2.24, 2.45) is 0 Å². The summed E-state index contributed by atoms with van der Waals surface area (Å²) >= 11 is 1.74. The first kappa shape index (κ1) is 10.2. The Morgan fingerprint density at radius 2 is 2.31 bits per heavy atom. The molecule has 1 aliphatic heterocycles. The van der Waals surface area contributed by atoms with Gasteiger partial charge < -0.3 is 5.32 Å². The molecule has 0 radical (unpaired) electrons. The Morgan fingerprint density at radius 3 is 2.92 bits per heavy atom. The molecule has 0 unspecified atom stereocenters. The summed E-state index contributed by atoms with van der Waals surface area (Å²) in [5.41, 5.74) is 1.21. The fraction of sp³-hybridized carbons (Fsp3) is 0.250. The van der Waals surface area contributed by atoms with E-state index in [0.717, 1.165) is 5.70 Å². The van der Waals surface area contributed by atoms with Crippen LogP contribution in [0.25, 0.3) is 0 Å². The van der Waals surface area contributed by atoms with Gasteiger partial charge in [-0.1, -0.05) is 0 Å². The molecule has 5 heteroatoms. The van der Waals surface area contributed by atoms with E-state index >= 15 is 0 Å². The molecule has 0 spiro atoms. The maximum atomic E-state index is 11.2. The average Bonchev–Trinajstić information content (AvgIpc) is 2.27. The van der Waals surface area contributed by atoms with Gasteiger partial charge in [-0.15, -0.1) is 0 Å². The summed E-state index contributed by atoms with van der Waals surface area (Å²) in [4.78, 5) is 22.3. The van der Waals surface area contributed by atoms with Gasteiger partial charge in [-0.3, -0.25) is 13.1 Å². The van der Waals surface area contributed by atoms with Crippen molar-refractivity contribution >= 4 is 34.6 Å². The molecule has 0 aliphatic carbocycles. The lowest BCUT2D eigenvalue weighted by molar-refractivity contribution is -0.116. The summed E-state index contributed by atoms with van der Waals surface area (Å²) in [6.07, 6.45) is 3.00. The van der Waals surface area contributed by atoms with Crippen LogP contribution in [0.2, 0.25) is 0 Å². The molecule has 0 bridgehead atoms. The number of ketones is 1. The number of allylic oxidation sites excluding steroid dienone is 1. The quantitative estimate of drug-likeness (QED) is 0.545. The molecule has 0 aromatic carbocycles. The molecule has 13 heavy (non-hydrogen) atoms. The van der Waals surface area contributed by atoms with E-state index in [1.54, 1.807) is 28.9 Å². The number of halogens is 1. The van der Waals surface area contributed by atoms with Crippen LogP contribution in [0.4, 0.5) is 0 Å². The lowest BCUT2D eigenvalue weighted by atomic mass is 10.2. The smallest absolute Gasteiger partial charge is 0.260 e. The van der Waals surface area contributed by atoms with Gasteiger partial charge in [0.15, 0.2) is 5.78 Å². The van der Waals surface area contributed by atoms with Gasteiger partial charge in [-0.2, -0.15) is 0 Å². The first-order chi connectivity index (χ1) is 6.13. The molecule has 0 saturated heterocycles. The monoisotopic (exact) mass is 292 g/mol. The van der Waals surface area contributed by atoms with Gasteiger partial charge in [0.05, 0.1) is 29.4 Å². The van der Waals surface area contributed by atoms with Crippen LogP contribution in [0, 0.1) is 0 Å². The van der Waals surface area contributed by atoms with Gasteiger partial charge in [0, 0.05) is 11.3 Å². The molecule has 1 heterocycles. The maximum Gasteiger partial charge on any atom is 0.260 e. The molecule has 2 N–H and O–H groups in total. The zero-order valence-electron chi connectivity index (χ0n) is 7.06. The highest BCUT2D eigenvalue weighted by Gasteiger charge is 2.11. The molecule has 1 rings (SSSR count). The van der Waals surface area contributed by atoms with Crippen molar-refractivity contribution in [2.75, 3.05) is 6.54 Å². The number of carbonyl (C=O) groups excluding carboxylic acids is 2. The minimum Gasteiger partial charge on any atom is -0.381 e. The third-order valence-electron chi connectivity index (χ3n) is 1.58. The molecule has 0 aromatic rings. The van der Waals surface area contributed by atoms with Gasteiger partial charge in [-0.25, -0.2) is 0 Å². The van der Waals surface area contributed by atoms with Crippen LogP contribution < -0.4 is 8.85 Å². The van der Waals surface area contributed by atoms with Crippen molar-refractivity contribution in [1.29, 1.82) is 0 Å². The normalized spacial score (nSPS) is 16.6. The number of amides is 1. The lowest BCUT2D eigenvalue weighted by Gasteiger charge is -1.99. The minimum absolute atomic E-state index is 0.0944. The van der Waals surface area contributed by atoms with Crippen molar-refractivity contribution in [3.8, 4) is 0 Å². The highest BCUT2D eigenvalue weighted by molar-refractivity contribution is 14.1. The molecule has 0 fully saturated rings. The predicted octanol–water partition coefficient (Wildman–Crippen LogP) is 0.455. The van der Waals surface area contributed by atoms with Gasteiger partial charge in [0.1, 0.15) is 0 Å². The number of hydrogen-bond acceptors (Lipinski definition) is 3. The zero-order chi connectivity index (χ0) is 9.84. The van der Waals surface area contributed by atoms with Crippen molar-refractivity contribution < 1.29 is 9.59 Å². The summed E-state index contributed by atoms with van der Waals surface area (Å²) in [5.74, 6) is -0.347. The SMILES string of the molecule is CC1=CC(C(=O)NI)=CC(=O)CN1. The Balaban J connectivity index is 2.94. The van der Waals surface area contributed by atoms with Gasteiger partial charge in [0.25, 0.3) is 5.91 Å². The second kappa shape index (κ2) is 4.40. The van der Waals surface area contributed by atoms with Gasteiger partial charge in [-0.05, 0) is 19.1 Å². The minimum atomic E-state index is -0.253. The molecule has 70 valence electrons. The predicted molar refractivity (Wildman–Crippen MR) is 57.0 cm³/mol. The highest BCUT2D eigenvalue weighted by atomic mass is 127. The Labute approximate surface area is 89.9 Å². The van der Waals surface area contributed by atoms with E-state index in [0.29, 0.717) is 5.57 Å². The van der Waals surface area contributed by atoms with Crippen molar-refractivity contribution in [2.45, 2.75) is 6.92 Å². The van der Waals surface area contributed by atoms with Gasteiger partial charge in [0.2, 0.25) is 0 Å². The van der Waals surface area contributed by atoms with E-state index in [1.165, 1.54) is 6.08 Å². The van der Waals surface area contributed by atoms with E-state index in [2.05, 4.69) is 8.85 Å². The van der Waals surface area contributed by atoms with Crippen molar-refractivity contribution in [3.05, 3.63) is 23.4 Å². The van der Waals surface area contributed by atoms with Crippen LogP contribution in [0.5, 0.6) is 0 Å². The fourth-order valence-electron chi connectivity index (χ4n) is 0.963. The van der Waals surface area contributed by atoms with Crippen LogP contribution in [0.15, 0.2) is 23.4 Å². The first-order valence-corrected chi connectivity index (χ1v) is 4.79. The molecule has 1 aliphatic rings. The Bertz CT molecular complexity index is 307. The topological polar surface area (TPSA) is 58.2 Å². The van der Waals surface area contributed by atoms with E-state index in [9.17, 15) is 9.59 Å². The maximum absolute atomic E-state index is 11.2. The van der Waals surface area contributed by atoms with Gasteiger partial charge >= 0.3 is 0 Å². The van der Waals surface area contributed by atoms with E-state index in [-0.39, 0.29) is 18.2 Å². The van der Waals surface area contributed by atoms with Crippen LogP contribution in [0.1, 0.15) is 6.92 Å². The molecular weight excluding hydrogens is 283 g/mol. The number of rotatable bonds is 1. The van der Waals surface area contributed by atoms with E-state index < -0.39 is 0 Å². The Morgan fingerprint density at radius 1 is 1.62 bits per heavy atom. The second-order valence-corrected chi connectivity index (χ2v) is 3.21. The Hall–Kier alpha value is -0.850. The highest BCUT2D eigenvalue weighted by Crippen LogP contribution is 2.05. The fourth-order valence-corrected chi connectivity index (χ4v) is 1.27. The number of hydrogen-bond donors (Lipinski definition) is 2. The first-order valence-electron chi connectivity index (χ1n) is 3.71. The summed E-state index contributed by atoms with van der Waals surface area (Å²) in [7, 11) is 0. The van der Waals surface area contributed by atoms with E-state index in [1.807, 2.05) is 6.92 Å². The van der Waals surface area contributed by atoms with Crippen LogP contribution in [0.3, 0.4) is 0 Å².